The van der Waals surface area contributed by atoms with Crippen LogP contribution in [0.2, 0.25) is 0 Å². The van der Waals surface area contributed by atoms with Crippen molar-refractivity contribution < 1.29 is 5.11 Å². The van der Waals surface area contributed by atoms with Gasteiger partial charge in [-0.05, 0) is 17.7 Å². The predicted octanol–water partition coefficient (Wildman–Crippen LogP) is 0.267. The van der Waals surface area contributed by atoms with Crippen molar-refractivity contribution in [2.45, 2.75) is 5.60 Å². The molecule has 1 fully saturated rings. The molecule has 0 radical (unpaired) electrons. The SMILES string of the molecule is C=C1NCC1(O)c1ccc(NCC2=Nc3c(nc(N)[nH]c3=O)NC2)cc1. The van der Waals surface area contributed by atoms with E-state index >= 15 is 0 Å². The number of benzene rings is 1. The first-order valence-electron chi connectivity index (χ1n) is 8.16. The van der Waals surface area contributed by atoms with Gasteiger partial charge in [0, 0.05) is 11.4 Å². The van der Waals surface area contributed by atoms with Gasteiger partial charge in [0.2, 0.25) is 5.95 Å². The third-order valence-corrected chi connectivity index (χ3v) is 4.56. The number of nitrogen functional groups attached to an aromatic ring is 1. The van der Waals surface area contributed by atoms with Gasteiger partial charge in [0.25, 0.3) is 5.56 Å². The summed E-state index contributed by atoms with van der Waals surface area (Å²) < 4.78 is 0. The number of hydrogen-bond acceptors (Lipinski definition) is 8. The number of aromatic amines is 1. The molecule has 0 bridgehead atoms. The average molecular weight is 353 g/mol. The molecule has 0 amide bonds. The largest absolute Gasteiger partial charge is 0.382 e. The minimum atomic E-state index is -0.991. The molecular weight excluding hydrogens is 334 g/mol. The fourth-order valence-electron chi connectivity index (χ4n) is 2.92. The van der Waals surface area contributed by atoms with E-state index in [1.165, 1.54) is 0 Å². The van der Waals surface area contributed by atoms with Gasteiger partial charge in [-0.2, -0.15) is 4.98 Å². The second kappa shape index (κ2) is 5.88. The van der Waals surface area contributed by atoms with Crippen LogP contribution in [0, 0.1) is 0 Å². The zero-order valence-electron chi connectivity index (χ0n) is 14.0. The number of aliphatic imine (C=N–C) groups is 1. The number of fused-ring (bicyclic) bond motifs is 1. The topological polar surface area (TPSA) is 140 Å². The van der Waals surface area contributed by atoms with Crippen molar-refractivity contribution in [1.82, 2.24) is 15.3 Å². The van der Waals surface area contributed by atoms with Gasteiger partial charge >= 0.3 is 0 Å². The van der Waals surface area contributed by atoms with E-state index in [0.717, 1.165) is 17.0 Å². The first-order valence-corrected chi connectivity index (χ1v) is 8.16. The Morgan fingerprint density at radius 1 is 1.31 bits per heavy atom. The van der Waals surface area contributed by atoms with Gasteiger partial charge in [-0.1, -0.05) is 18.7 Å². The van der Waals surface area contributed by atoms with Crippen molar-refractivity contribution in [2.24, 2.45) is 4.99 Å². The molecule has 1 unspecified atom stereocenters. The van der Waals surface area contributed by atoms with Gasteiger partial charge in [0.1, 0.15) is 5.60 Å². The number of anilines is 3. The zero-order chi connectivity index (χ0) is 18.3. The Bertz CT molecular complexity index is 964. The van der Waals surface area contributed by atoms with Crippen molar-refractivity contribution in [3.05, 3.63) is 52.5 Å². The number of nitrogens with one attached hydrogen (secondary N) is 4. The standard InChI is InChI=1S/C17H19N7O2/c1-9-17(26,8-21-9)10-2-4-11(5-3-10)19-6-12-7-20-14-13(22-12)15(25)24-16(18)23-14/h2-5,19,21,26H,1,6-8H2,(H4,18,20,23,24,25). The lowest BCUT2D eigenvalue weighted by molar-refractivity contribution is 0.0282. The van der Waals surface area contributed by atoms with Crippen molar-refractivity contribution in [2.75, 3.05) is 36.0 Å². The van der Waals surface area contributed by atoms with Gasteiger partial charge in [-0.3, -0.25) is 9.78 Å². The summed E-state index contributed by atoms with van der Waals surface area (Å²) in [5, 5.41) is 19.7. The highest BCUT2D eigenvalue weighted by Crippen LogP contribution is 2.33. The van der Waals surface area contributed by atoms with Crippen LogP contribution in [0.15, 0.2) is 46.3 Å². The maximum atomic E-state index is 11.9. The summed E-state index contributed by atoms with van der Waals surface area (Å²) in [6.07, 6.45) is 0. The molecular formula is C17H19N7O2. The molecule has 3 heterocycles. The number of nitrogens with two attached hydrogens (primary N) is 1. The van der Waals surface area contributed by atoms with Crippen LogP contribution in [0.1, 0.15) is 5.56 Å². The number of β-amino-alcohol motifs (C(OH)–C–C–N with tert-alkyl or cyclic N) is 1. The quantitative estimate of drug-likeness (QED) is 0.463. The van der Waals surface area contributed by atoms with E-state index in [2.05, 4.69) is 37.5 Å². The third kappa shape index (κ3) is 2.68. The summed E-state index contributed by atoms with van der Waals surface area (Å²) in [5.74, 6) is 0.450. The molecule has 2 aliphatic heterocycles. The Kier molecular flexibility index (Phi) is 3.66. The summed E-state index contributed by atoms with van der Waals surface area (Å²) >= 11 is 0. The summed E-state index contributed by atoms with van der Waals surface area (Å²) in [5.41, 5.74) is 7.46. The molecule has 2 aromatic rings. The monoisotopic (exact) mass is 353 g/mol. The molecule has 0 aliphatic carbocycles. The Hall–Kier alpha value is -3.33. The van der Waals surface area contributed by atoms with Crippen LogP contribution < -0.4 is 27.2 Å². The van der Waals surface area contributed by atoms with Crippen LogP contribution in [-0.4, -0.2) is 40.4 Å². The minimum Gasteiger partial charge on any atom is -0.382 e. The van der Waals surface area contributed by atoms with Crippen LogP contribution in [0.3, 0.4) is 0 Å². The normalized spacial score (nSPS) is 21.0. The second-order valence-electron chi connectivity index (χ2n) is 6.30. The summed E-state index contributed by atoms with van der Waals surface area (Å²) in [4.78, 5) is 22.7. The Balaban J connectivity index is 1.45. The number of nitrogens with zero attached hydrogens (tertiary/aromatic N) is 2. The van der Waals surface area contributed by atoms with E-state index in [4.69, 9.17) is 5.73 Å². The van der Waals surface area contributed by atoms with Gasteiger partial charge in [0.15, 0.2) is 11.5 Å². The zero-order valence-corrected chi connectivity index (χ0v) is 14.0. The molecule has 4 rings (SSSR count). The van der Waals surface area contributed by atoms with Crippen molar-refractivity contribution in [3.63, 3.8) is 0 Å². The maximum Gasteiger partial charge on any atom is 0.280 e. The smallest absolute Gasteiger partial charge is 0.280 e. The van der Waals surface area contributed by atoms with Gasteiger partial charge in [-0.25, -0.2) is 4.99 Å². The van der Waals surface area contributed by atoms with E-state index in [1.807, 2.05) is 24.3 Å². The van der Waals surface area contributed by atoms with Crippen LogP contribution in [-0.2, 0) is 5.60 Å². The lowest BCUT2D eigenvalue weighted by Gasteiger charge is -2.41. The van der Waals surface area contributed by atoms with E-state index < -0.39 is 5.60 Å². The van der Waals surface area contributed by atoms with E-state index in [0.29, 0.717) is 31.1 Å². The minimum absolute atomic E-state index is 0.0594. The van der Waals surface area contributed by atoms with Crippen LogP contribution in [0.4, 0.5) is 23.1 Å². The molecule has 9 nitrogen and oxygen atoms in total. The number of H-pyrrole nitrogens is 1. The molecule has 9 heteroatoms. The second-order valence-corrected chi connectivity index (χ2v) is 6.30. The summed E-state index contributed by atoms with van der Waals surface area (Å²) in [6.45, 7) is 5.20. The van der Waals surface area contributed by atoms with Crippen LogP contribution >= 0.6 is 0 Å². The third-order valence-electron chi connectivity index (χ3n) is 4.56. The van der Waals surface area contributed by atoms with Gasteiger partial charge in [0.05, 0.1) is 25.3 Å². The van der Waals surface area contributed by atoms with Crippen LogP contribution in [0.25, 0.3) is 0 Å². The molecule has 0 spiro atoms. The molecule has 2 aliphatic rings. The lowest BCUT2D eigenvalue weighted by atomic mass is 9.85. The first-order chi connectivity index (χ1) is 12.5. The van der Waals surface area contributed by atoms with E-state index in [1.54, 1.807) is 0 Å². The highest BCUT2D eigenvalue weighted by atomic mass is 16.3. The molecule has 1 saturated heterocycles. The average Bonchev–Trinajstić information content (AvgIpc) is 2.65. The van der Waals surface area contributed by atoms with Crippen molar-refractivity contribution in [1.29, 1.82) is 0 Å². The number of aliphatic hydroxyl groups is 1. The highest BCUT2D eigenvalue weighted by Gasteiger charge is 2.40. The van der Waals surface area contributed by atoms with E-state index in [9.17, 15) is 9.90 Å². The highest BCUT2D eigenvalue weighted by molar-refractivity contribution is 5.97. The lowest BCUT2D eigenvalue weighted by Crippen LogP contribution is -2.53. The summed E-state index contributed by atoms with van der Waals surface area (Å²) in [7, 11) is 0. The Morgan fingerprint density at radius 2 is 2.08 bits per heavy atom. The van der Waals surface area contributed by atoms with Gasteiger partial charge in [-0.15, -0.1) is 0 Å². The Morgan fingerprint density at radius 3 is 2.73 bits per heavy atom. The predicted molar refractivity (Wildman–Crippen MR) is 101 cm³/mol. The van der Waals surface area contributed by atoms with Gasteiger partial charge < -0.3 is 26.8 Å². The molecule has 1 atom stereocenters. The first kappa shape index (κ1) is 16.2. The van der Waals surface area contributed by atoms with Crippen molar-refractivity contribution >= 4 is 28.9 Å². The molecule has 1 aromatic heterocycles. The molecule has 134 valence electrons. The number of rotatable bonds is 4. The molecule has 7 N–H and O–H groups in total. The van der Waals surface area contributed by atoms with E-state index in [-0.39, 0.29) is 17.2 Å². The fraction of sp³-hybridized carbons (Fsp3) is 0.235. The summed E-state index contributed by atoms with van der Waals surface area (Å²) in [6, 6.07) is 7.50. The Labute approximate surface area is 149 Å². The molecule has 1 aromatic carbocycles. The molecule has 0 saturated carbocycles. The molecule has 26 heavy (non-hydrogen) atoms. The number of hydrogen-bond donors (Lipinski definition) is 6. The maximum absolute atomic E-state index is 11.9. The van der Waals surface area contributed by atoms with Crippen molar-refractivity contribution in [3.8, 4) is 0 Å². The fourth-order valence-corrected chi connectivity index (χ4v) is 2.92. The van der Waals surface area contributed by atoms with Crippen LogP contribution in [0.5, 0.6) is 0 Å². The number of aromatic nitrogens is 2.